The Morgan fingerprint density at radius 1 is 1.14 bits per heavy atom. The molecule has 1 atom stereocenters. The molecule has 1 amide bonds. The predicted molar refractivity (Wildman–Crippen MR) is 140 cm³/mol. The van der Waals surface area contributed by atoms with Crippen molar-refractivity contribution in [2.75, 3.05) is 5.32 Å². The average molecular weight is 489 g/mol. The highest BCUT2D eigenvalue weighted by atomic mass is 32.1. The molecule has 0 aliphatic heterocycles. The molecule has 1 heterocycles. The van der Waals surface area contributed by atoms with Gasteiger partial charge in [0.25, 0.3) is 11.6 Å². The summed E-state index contributed by atoms with van der Waals surface area (Å²) in [4.78, 5) is 27.6. The van der Waals surface area contributed by atoms with Gasteiger partial charge in [-0.1, -0.05) is 19.9 Å². The van der Waals surface area contributed by atoms with Crippen LogP contribution in [0.4, 0.5) is 11.4 Å². The minimum Gasteiger partial charge on any atom is -0.436 e. The number of benzene rings is 3. The zero-order valence-corrected chi connectivity index (χ0v) is 20.3. The molecular weight excluding hydrogens is 464 g/mol. The van der Waals surface area contributed by atoms with Gasteiger partial charge in [-0.15, -0.1) is 0 Å². The molecule has 178 valence electrons. The highest BCUT2D eigenvalue weighted by Crippen LogP contribution is 2.28. The molecule has 0 saturated heterocycles. The van der Waals surface area contributed by atoms with Gasteiger partial charge in [-0.25, -0.2) is 4.98 Å². The van der Waals surface area contributed by atoms with Crippen LogP contribution in [0.2, 0.25) is 0 Å². The fraction of sp³-hybridized carbons (Fsp3) is 0.192. The lowest BCUT2D eigenvalue weighted by molar-refractivity contribution is -0.385. The molecule has 35 heavy (non-hydrogen) atoms. The molecule has 0 fully saturated rings. The van der Waals surface area contributed by atoms with Gasteiger partial charge in [0.15, 0.2) is 10.7 Å². The molecule has 0 unspecified atom stereocenters. The lowest BCUT2D eigenvalue weighted by Gasteiger charge is -2.10. The number of nitrogens with one attached hydrogen (secondary N) is 2. The number of nitrogens with zero attached hydrogens (tertiary/aromatic N) is 2. The van der Waals surface area contributed by atoms with E-state index >= 15 is 0 Å². The Hall–Kier alpha value is -4.11. The van der Waals surface area contributed by atoms with E-state index in [1.54, 1.807) is 6.92 Å². The Bertz CT molecular complexity index is 1430. The molecule has 4 aromatic rings. The number of fused-ring (bicyclic) bond motifs is 1. The van der Waals surface area contributed by atoms with Crippen LogP contribution in [0.15, 0.2) is 65.1 Å². The molecule has 0 bridgehead atoms. The molecule has 9 heteroatoms. The van der Waals surface area contributed by atoms with Crippen LogP contribution in [0, 0.1) is 17.0 Å². The van der Waals surface area contributed by atoms with Crippen LogP contribution in [-0.4, -0.2) is 20.9 Å². The van der Waals surface area contributed by atoms with Gasteiger partial charge in [0.2, 0.25) is 5.89 Å². The number of carbonyl (C=O) groups excluding carboxylic acids is 1. The number of oxazole rings is 1. The van der Waals surface area contributed by atoms with Crippen LogP contribution < -0.4 is 10.6 Å². The van der Waals surface area contributed by atoms with Crippen molar-refractivity contribution in [1.29, 1.82) is 0 Å². The molecule has 4 rings (SSSR count). The van der Waals surface area contributed by atoms with Crippen molar-refractivity contribution < 1.29 is 14.1 Å². The highest BCUT2D eigenvalue weighted by molar-refractivity contribution is 7.80. The maximum absolute atomic E-state index is 12.5. The third-order valence-corrected chi connectivity index (χ3v) is 6.07. The van der Waals surface area contributed by atoms with Crippen LogP contribution in [0.3, 0.4) is 0 Å². The van der Waals surface area contributed by atoms with E-state index in [1.165, 1.54) is 23.8 Å². The Labute approximate surface area is 207 Å². The Kier molecular flexibility index (Phi) is 6.88. The average Bonchev–Trinajstić information content (AvgIpc) is 3.27. The van der Waals surface area contributed by atoms with Gasteiger partial charge >= 0.3 is 0 Å². The number of nitro benzene ring substituents is 1. The van der Waals surface area contributed by atoms with Crippen LogP contribution in [-0.2, 0) is 0 Å². The standard InChI is InChI=1S/C26H24N4O4S/c1-4-15(2)18-8-12-23-21(14-18)28-25(34-23)17-5-9-20(10-6-17)27-26(35)29-24(31)19-7-11-22(30(32)33)16(3)13-19/h5-15H,4H2,1-3H3,(H2,27,29,31,35)/t15-/m0/s1. The predicted octanol–water partition coefficient (Wildman–Crippen LogP) is 6.35. The van der Waals surface area contributed by atoms with E-state index < -0.39 is 10.8 Å². The molecule has 0 aliphatic rings. The first-order chi connectivity index (χ1) is 16.7. The van der Waals surface area contributed by atoms with Gasteiger partial charge in [0.1, 0.15) is 5.52 Å². The quantitative estimate of drug-likeness (QED) is 0.185. The second kappa shape index (κ2) is 10.0. The largest absolute Gasteiger partial charge is 0.436 e. The Morgan fingerprint density at radius 2 is 1.89 bits per heavy atom. The van der Waals surface area contributed by atoms with Crippen molar-refractivity contribution >= 4 is 45.7 Å². The molecule has 2 N–H and O–H groups in total. The maximum atomic E-state index is 12.5. The van der Waals surface area contributed by atoms with E-state index in [0.717, 1.165) is 23.1 Å². The van der Waals surface area contributed by atoms with E-state index in [-0.39, 0.29) is 16.4 Å². The lowest BCUT2D eigenvalue weighted by atomic mass is 9.98. The summed E-state index contributed by atoms with van der Waals surface area (Å²) in [5, 5.41) is 16.6. The number of anilines is 1. The molecule has 0 radical (unpaired) electrons. The summed E-state index contributed by atoms with van der Waals surface area (Å²) in [5.74, 6) is 0.524. The first kappa shape index (κ1) is 24.0. The number of nitro groups is 1. The van der Waals surface area contributed by atoms with Crippen molar-refractivity contribution in [3.05, 3.63) is 87.5 Å². The second-order valence-electron chi connectivity index (χ2n) is 8.30. The fourth-order valence-corrected chi connectivity index (χ4v) is 3.86. The highest BCUT2D eigenvalue weighted by Gasteiger charge is 2.15. The molecule has 3 aromatic carbocycles. The minimum atomic E-state index is -0.488. The number of hydrogen-bond donors (Lipinski definition) is 2. The Balaban J connectivity index is 1.42. The summed E-state index contributed by atoms with van der Waals surface area (Å²) >= 11 is 5.24. The van der Waals surface area contributed by atoms with E-state index in [2.05, 4.69) is 41.6 Å². The smallest absolute Gasteiger partial charge is 0.272 e. The molecule has 0 spiro atoms. The van der Waals surface area contributed by atoms with Crippen molar-refractivity contribution in [1.82, 2.24) is 10.3 Å². The third kappa shape index (κ3) is 5.36. The summed E-state index contributed by atoms with van der Waals surface area (Å²) in [6.45, 7) is 5.93. The van der Waals surface area contributed by atoms with Crippen molar-refractivity contribution in [3.63, 3.8) is 0 Å². The molecule has 8 nitrogen and oxygen atoms in total. The number of amides is 1. The fourth-order valence-electron chi connectivity index (χ4n) is 3.65. The number of thiocarbonyl (C=S) groups is 1. The van der Waals surface area contributed by atoms with Crippen molar-refractivity contribution in [2.24, 2.45) is 0 Å². The van der Waals surface area contributed by atoms with Gasteiger partial charge in [-0.3, -0.25) is 20.2 Å². The zero-order valence-electron chi connectivity index (χ0n) is 19.5. The van der Waals surface area contributed by atoms with Gasteiger partial charge < -0.3 is 9.73 Å². The zero-order chi connectivity index (χ0) is 25.1. The number of aryl methyl sites for hydroxylation is 1. The molecule has 0 aliphatic carbocycles. The summed E-state index contributed by atoms with van der Waals surface area (Å²) in [5.41, 5.74) is 4.91. The number of hydrogen-bond acceptors (Lipinski definition) is 6. The van der Waals surface area contributed by atoms with Gasteiger partial charge in [0.05, 0.1) is 4.92 Å². The summed E-state index contributed by atoms with van der Waals surface area (Å²) in [7, 11) is 0. The first-order valence-electron chi connectivity index (χ1n) is 11.1. The van der Waals surface area contributed by atoms with Crippen molar-refractivity contribution in [3.8, 4) is 11.5 Å². The number of carbonyl (C=O) groups is 1. The monoisotopic (exact) mass is 488 g/mol. The third-order valence-electron chi connectivity index (χ3n) is 5.87. The van der Waals surface area contributed by atoms with Gasteiger partial charge in [0, 0.05) is 28.4 Å². The maximum Gasteiger partial charge on any atom is 0.272 e. The topological polar surface area (TPSA) is 110 Å². The summed E-state index contributed by atoms with van der Waals surface area (Å²) in [6.07, 6.45) is 1.06. The number of aromatic nitrogens is 1. The van der Waals surface area contributed by atoms with Crippen LogP contribution in [0.25, 0.3) is 22.6 Å². The van der Waals surface area contributed by atoms with E-state index in [0.29, 0.717) is 23.1 Å². The second-order valence-corrected chi connectivity index (χ2v) is 8.71. The minimum absolute atomic E-state index is 0.0442. The SMILES string of the molecule is CC[C@H](C)c1ccc2oc(-c3ccc(NC(=S)NC(=O)c4ccc([N+](=O)[O-])c(C)c4)cc3)nc2c1. The van der Waals surface area contributed by atoms with E-state index in [9.17, 15) is 14.9 Å². The van der Waals surface area contributed by atoms with Gasteiger partial charge in [-0.2, -0.15) is 0 Å². The number of rotatable bonds is 6. The molecule has 1 aromatic heterocycles. The lowest BCUT2D eigenvalue weighted by Crippen LogP contribution is -2.34. The van der Waals surface area contributed by atoms with E-state index in [4.69, 9.17) is 16.6 Å². The summed E-state index contributed by atoms with van der Waals surface area (Å²) in [6, 6.07) is 17.6. The molecular formula is C26H24N4O4S. The van der Waals surface area contributed by atoms with Crippen LogP contribution >= 0.6 is 12.2 Å². The van der Waals surface area contributed by atoms with Crippen molar-refractivity contribution in [2.45, 2.75) is 33.1 Å². The Morgan fingerprint density at radius 3 is 2.54 bits per heavy atom. The summed E-state index contributed by atoms with van der Waals surface area (Å²) < 4.78 is 5.92. The first-order valence-corrected chi connectivity index (χ1v) is 11.5. The van der Waals surface area contributed by atoms with Crippen LogP contribution in [0.1, 0.15) is 47.7 Å². The normalized spacial score (nSPS) is 11.7. The van der Waals surface area contributed by atoms with Crippen LogP contribution in [0.5, 0.6) is 0 Å². The van der Waals surface area contributed by atoms with E-state index in [1.807, 2.05) is 30.3 Å². The van der Waals surface area contributed by atoms with Gasteiger partial charge in [-0.05, 0) is 85.6 Å². The molecule has 0 saturated carbocycles.